The van der Waals surface area contributed by atoms with Crippen molar-refractivity contribution in [3.8, 4) is 5.75 Å². The van der Waals surface area contributed by atoms with Crippen LogP contribution in [-0.2, 0) is 0 Å². The molecule has 17 heavy (non-hydrogen) atoms. The Balaban J connectivity index is 2.24. The first-order valence-electron chi connectivity index (χ1n) is 5.78. The maximum atomic E-state index is 11.6. The molecule has 0 bridgehead atoms. The molecule has 0 atom stereocenters. The summed E-state index contributed by atoms with van der Waals surface area (Å²) in [5.41, 5.74) is 0.0582. The number of pyridine rings is 1. The minimum atomic E-state index is -0.356. The van der Waals surface area contributed by atoms with Crippen LogP contribution in [0.2, 0.25) is 0 Å². The van der Waals surface area contributed by atoms with Gasteiger partial charge in [0, 0.05) is 19.3 Å². The number of nitrogens with zero attached hydrogens (tertiary/aromatic N) is 1. The van der Waals surface area contributed by atoms with E-state index in [1.807, 2.05) is 0 Å². The molecule has 94 valence electrons. The van der Waals surface area contributed by atoms with Gasteiger partial charge < -0.3 is 15.5 Å². The van der Waals surface area contributed by atoms with Crippen molar-refractivity contribution in [1.29, 1.82) is 0 Å². The highest BCUT2D eigenvalue weighted by Crippen LogP contribution is 2.11. The normalized spacial score (nSPS) is 10.2. The third-order valence-corrected chi connectivity index (χ3v) is 2.37. The molecule has 1 rings (SSSR count). The van der Waals surface area contributed by atoms with Gasteiger partial charge >= 0.3 is 0 Å². The molecule has 0 aliphatic heterocycles. The Morgan fingerprint density at radius 1 is 1.29 bits per heavy atom. The van der Waals surface area contributed by atoms with Gasteiger partial charge in [0.1, 0.15) is 5.75 Å². The number of unbranched alkanes of at least 4 members (excludes halogenated alkanes) is 3. The summed E-state index contributed by atoms with van der Waals surface area (Å²) in [5, 5.41) is 20.7. The molecule has 1 amide bonds. The van der Waals surface area contributed by atoms with Gasteiger partial charge in [-0.15, -0.1) is 0 Å². The number of carbonyl (C=O) groups excluding carboxylic acids is 1. The Kier molecular flexibility index (Phi) is 6.03. The predicted octanol–water partition coefficient (Wildman–Crippen LogP) is 1.07. The highest BCUT2D eigenvalue weighted by atomic mass is 16.3. The van der Waals surface area contributed by atoms with E-state index in [4.69, 9.17) is 5.11 Å². The standard InChI is InChI=1S/C12H18N2O3/c15-9-4-2-1-3-7-14-12(17)11-10(16)6-5-8-13-11/h5-6,8,15-16H,1-4,7,9H2,(H,14,17). The summed E-state index contributed by atoms with van der Waals surface area (Å²) in [4.78, 5) is 15.4. The minimum absolute atomic E-state index is 0.0582. The quantitative estimate of drug-likeness (QED) is 0.620. The number of rotatable bonds is 7. The Labute approximate surface area is 101 Å². The zero-order chi connectivity index (χ0) is 12.5. The second-order valence-corrected chi connectivity index (χ2v) is 3.76. The fourth-order valence-corrected chi connectivity index (χ4v) is 1.45. The van der Waals surface area contributed by atoms with Crippen molar-refractivity contribution < 1.29 is 15.0 Å². The van der Waals surface area contributed by atoms with Gasteiger partial charge in [0.2, 0.25) is 0 Å². The summed E-state index contributed by atoms with van der Waals surface area (Å²) >= 11 is 0. The van der Waals surface area contributed by atoms with Crippen LogP contribution in [0.1, 0.15) is 36.2 Å². The summed E-state index contributed by atoms with van der Waals surface area (Å²) in [6, 6.07) is 3.00. The average Bonchev–Trinajstić information content (AvgIpc) is 2.34. The molecule has 3 N–H and O–H groups in total. The fraction of sp³-hybridized carbons (Fsp3) is 0.500. The second-order valence-electron chi connectivity index (χ2n) is 3.76. The molecule has 1 heterocycles. The first-order valence-corrected chi connectivity index (χ1v) is 5.78. The SMILES string of the molecule is O=C(NCCCCCCO)c1ncccc1O. The molecule has 0 unspecified atom stereocenters. The largest absolute Gasteiger partial charge is 0.505 e. The van der Waals surface area contributed by atoms with Crippen molar-refractivity contribution in [2.75, 3.05) is 13.2 Å². The van der Waals surface area contributed by atoms with Gasteiger partial charge in [0.15, 0.2) is 5.69 Å². The molecule has 0 radical (unpaired) electrons. The zero-order valence-electron chi connectivity index (χ0n) is 9.72. The predicted molar refractivity (Wildman–Crippen MR) is 63.8 cm³/mol. The minimum Gasteiger partial charge on any atom is -0.505 e. The fourth-order valence-electron chi connectivity index (χ4n) is 1.45. The monoisotopic (exact) mass is 238 g/mol. The van der Waals surface area contributed by atoms with Crippen LogP contribution in [0.15, 0.2) is 18.3 Å². The van der Waals surface area contributed by atoms with Crippen molar-refractivity contribution in [1.82, 2.24) is 10.3 Å². The van der Waals surface area contributed by atoms with E-state index in [0.717, 1.165) is 25.7 Å². The van der Waals surface area contributed by atoms with Crippen LogP contribution in [0.4, 0.5) is 0 Å². The van der Waals surface area contributed by atoms with Crippen molar-refractivity contribution >= 4 is 5.91 Å². The molecule has 0 saturated heterocycles. The molecule has 1 aromatic heterocycles. The summed E-state index contributed by atoms with van der Waals surface area (Å²) in [6.07, 6.45) is 5.06. The highest BCUT2D eigenvalue weighted by molar-refractivity contribution is 5.94. The van der Waals surface area contributed by atoms with Crippen molar-refractivity contribution in [2.24, 2.45) is 0 Å². The Hall–Kier alpha value is -1.62. The molecule has 5 heteroatoms. The second kappa shape index (κ2) is 7.62. The zero-order valence-corrected chi connectivity index (χ0v) is 9.72. The lowest BCUT2D eigenvalue weighted by atomic mass is 10.2. The summed E-state index contributed by atoms with van der Waals surface area (Å²) in [7, 11) is 0. The Morgan fingerprint density at radius 3 is 2.76 bits per heavy atom. The van der Waals surface area contributed by atoms with Gasteiger partial charge in [-0.2, -0.15) is 0 Å². The molecule has 0 saturated carbocycles. The topological polar surface area (TPSA) is 82.5 Å². The lowest BCUT2D eigenvalue weighted by Gasteiger charge is -2.05. The number of carbonyl (C=O) groups is 1. The summed E-state index contributed by atoms with van der Waals surface area (Å²) in [6.45, 7) is 0.772. The number of hydrogen-bond acceptors (Lipinski definition) is 4. The molecular formula is C12H18N2O3. The van der Waals surface area contributed by atoms with Crippen LogP contribution in [0.5, 0.6) is 5.75 Å². The average molecular weight is 238 g/mol. The van der Waals surface area contributed by atoms with Gasteiger partial charge in [-0.3, -0.25) is 4.79 Å². The number of aliphatic hydroxyl groups excluding tert-OH is 1. The first kappa shape index (κ1) is 13.4. The highest BCUT2D eigenvalue weighted by Gasteiger charge is 2.10. The Bertz CT molecular complexity index is 355. The van der Waals surface area contributed by atoms with Gasteiger partial charge in [-0.05, 0) is 25.0 Å². The van der Waals surface area contributed by atoms with Gasteiger partial charge in [0.05, 0.1) is 0 Å². The smallest absolute Gasteiger partial charge is 0.273 e. The lowest BCUT2D eigenvalue weighted by molar-refractivity contribution is 0.0945. The first-order chi connectivity index (χ1) is 8.25. The number of aromatic hydroxyl groups is 1. The number of nitrogens with one attached hydrogen (secondary N) is 1. The van der Waals surface area contributed by atoms with Gasteiger partial charge in [0.25, 0.3) is 5.91 Å². The van der Waals surface area contributed by atoms with E-state index in [0.29, 0.717) is 6.54 Å². The number of hydrogen-bond donors (Lipinski definition) is 3. The third kappa shape index (κ3) is 4.82. The molecule has 0 aliphatic rings. The third-order valence-electron chi connectivity index (χ3n) is 2.37. The maximum Gasteiger partial charge on any atom is 0.273 e. The van der Waals surface area contributed by atoms with E-state index >= 15 is 0 Å². The van der Waals surface area contributed by atoms with Gasteiger partial charge in [-0.25, -0.2) is 4.98 Å². The van der Waals surface area contributed by atoms with E-state index in [1.165, 1.54) is 12.3 Å². The number of aliphatic hydroxyl groups is 1. The van der Waals surface area contributed by atoms with E-state index in [2.05, 4.69) is 10.3 Å². The lowest BCUT2D eigenvalue weighted by Crippen LogP contribution is -2.25. The molecule has 1 aromatic rings. The van der Waals surface area contributed by atoms with Crippen LogP contribution in [0, 0.1) is 0 Å². The molecule has 5 nitrogen and oxygen atoms in total. The van der Waals surface area contributed by atoms with E-state index in [1.54, 1.807) is 6.07 Å². The Morgan fingerprint density at radius 2 is 2.06 bits per heavy atom. The summed E-state index contributed by atoms with van der Waals surface area (Å²) in [5.74, 6) is -0.462. The maximum absolute atomic E-state index is 11.6. The molecule has 0 aromatic carbocycles. The number of amides is 1. The number of aromatic nitrogens is 1. The van der Waals surface area contributed by atoms with Crippen LogP contribution >= 0.6 is 0 Å². The summed E-state index contributed by atoms with van der Waals surface area (Å²) < 4.78 is 0. The van der Waals surface area contributed by atoms with Gasteiger partial charge in [-0.1, -0.05) is 12.8 Å². The van der Waals surface area contributed by atoms with Crippen molar-refractivity contribution in [3.05, 3.63) is 24.0 Å². The molecule has 0 aliphatic carbocycles. The van der Waals surface area contributed by atoms with Crippen LogP contribution < -0.4 is 5.32 Å². The van der Waals surface area contributed by atoms with E-state index < -0.39 is 0 Å². The molecule has 0 fully saturated rings. The van der Waals surface area contributed by atoms with Crippen LogP contribution in [0.25, 0.3) is 0 Å². The molecule has 0 spiro atoms. The van der Waals surface area contributed by atoms with Crippen LogP contribution in [0.3, 0.4) is 0 Å². The van der Waals surface area contributed by atoms with Crippen molar-refractivity contribution in [2.45, 2.75) is 25.7 Å². The van der Waals surface area contributed by atoms with Crippen LogP contribution in [-0.4, -0.2) is 34.3 Å². The molecular weight excluding hydrogens is 220 g/mol. The van der Waals surface area contributed by atoms with E-state index in [-0.39, 0.29) is 24.0 Å². The van der Waals surface area contributed by atoms with E-state index in [9.17, 15) is 9.90 Å². The van der Waals surface area contributed by atoms with Crippen molar-refractivity contribution in [3.63, 3.8) is 0 Å².